The van der Waals surface area contributed by atoms with Crippen molar-refractivity contribution in [3.8, 4) is 0 Å². The highest BCUT2D eigenvalue weighted by Gasteiger charge is 2.12. The first-order chi connectivity index (χ1) is 11.6. The van der Waals surface area contributed by atoms with Gasteiger partial charge in [0.1, 0.15) is 23.7 Å². The number of carbonyl (C=O) groups is 1. The van der Waals surface area contributed by atoms with E-state index in [1.807, 2.05) is 6.07 Å². The van der Waals surface area contributed by atoms with Gasteiger partial charge in [-0.15, -0.1) is 10.2 Å². The van der Waals surface area contributed by atoms with Gasteiger partial charge >= 0.3 is 0 Å². The summed E-state index contributed by atoms with van der Waals surface area (Å²) < 4.78 is 33.6. The highest BCUT2D eigenvalue weighted by Crippen LogP contribution is 2.19. The third-order valence-corrected chi connectivity index (χ3v) is 4.00. The minimum atomic E-state index is -0.698. The number of halogens is 2. The Morgan fingerprint density at radius 1 is 1.33 bits per heavy atom. The Hall–Kier alpha value is -2.68. The Labute approximate surface area is 139 Å². The Morgan fingerprint density at radius 3 is 3.00 bits per heavy atom. The van der Waals surface area contributed by atoms with Crippen LogP contribution in [0, 0.1) is 11.6 Å². The molecule has 0 spiro atoms. The minimum Gasteiger partial charge on any atom is -0.467 e. The fraction of sp³-hybridized carbons (Fsp3) is 0.133. The molecular formula is C15H12F2N4O2S. The van der Waals surface area contributed by atoms with Gasteiger partial charge in [-0.1, -0.05) is 11.8 Å². The summed E-state index contributed by atoms with van der Waals surface area (Å²) in [6.45, 7) is 0.433. The Kier molecular flexibility index (Phi) is 4.90. The van der Waals surface area contributed by atoms with Gasteiger partial charge in [-0.2, -0.15) is 0 Å². The monoisotopic (exact) mass is 350 g/mol. The van der Waals surface area contributed by atoms with Gasteiger partial charge in [0.25, 0.3) is 0 Å². The first-order valence-corrected chi connectivity index (χ1v) is 7.88. The third kappa shape index (κ3) is 3.99. The number of hydrogen-bond donors (Lipinski definition) is 1. The molecule has 0 aliphatic rings. The fourth-order valence-electron chi connectivity index (χ4n) is 1.94. The van der Waals surface area contributed by atoms with Gasteiger partial charge in [0.15, 0.2) is 5.16 Å². The van der Waals surface area contributed by atoms with Crippen molar-refractivity contribution >= 4 is 23.4 Å². The Morgan fingerprint density at radius 2 is 2.21 bits per heavy atom. The largest absolute Gasteiger partial charge is 0.467 e. The van der Waals surface area contributed by atoms with E-state index in [-0.39, 0.29) is 11.4 Å². The summed E-state index contributed by atoms with van der Waals surface area (Å²) in [5.41, 5.74) is -0.197. The van der Waals surface area contributed by atoms with Crippen LogP contribution in [-0.2, 0) is 11.3 Å². The molecule has 1 amide bonds. The third-order valence-electron chi connectivity index (χ3n) is 3.02. The lowest BCUT2D eigenvalue weighted by Gasteiger charge is -2.07. The molecule has 0 saturated carbocycles. The average molecular weight is 350 g/mol. The van der Waals surface area contributed by atoms with E-state index in [2.05, 4.69) is 15.5 Å². The maximum atomic E-state index is 13.5. The SMILES string of the molecule is O=C(CSc1nncn1Cc1ccco1)Nc1cc(F)ccc1F. The normalized spacial score (nSPS) is 10.8. The van der Waals surface area contributed by atoms with Crippen molar-refractivity contribution < 1.29 is 18.0 Å². The number of benzene rings is 1. The van der Waals surface area contributed by atoms with Gasteiger partial charge in [0.2, 0.25) is 5.91 Å². The lowest BCUT2D eigenvalue weighted by molar-refractivity contribution is -0.113. The van der Waals surface area contributed by atoms with Crippen LogP contribution in [0.5, 0.6) is 0 Å². The molecule has 2 aromatic heterocycles. The van der Waals surface area contributed by atoms with Gasteiger partial charge in [-0.25, -0.2) is 8.78 Å². The van der Waals surface area contributed by atoms with Crippen molar-refractivity contribution in [1.82, 2.24) is 14.8 Å². The number of nitrogens with zero attached hydrogens (tertiary/aromatic N) is 3. The van der Waals surface area contributed by atoms with Crippen LogP contribution in [0.4, 0.5) is 14.5 Å². The quantitative estimate of drug-likeness (QED) is 0.692. The van der Waals surface area contributed by atoms with Crippen LogP contribution in [0.3, 0.4) is 0 Å². The standard InChI is InChI=1S/C15H12F2N4O2S/c16-10-3-4-12(17)13(6-10)19-14(22)8-24-15-20-18-9-21(15)7-11-2-1-5-23-11/h1-6,9H,7-8H2,(H,19,22). The van der Waals surface area contributed by atoms with Crippen LogP contribution < -0.4 is 5.32 Å². The number of anilines is 1. The van der Waals surface area contributed by atoms with Crippen molar-refractivity contribution in [2.24, 2.45) is 0 Å². The zero-order valence-corrected chi connectivity index (χ0v) is 13.1. The number of hydrogen-bond acceptors (Lipinski definition) is 5. The molecule has 24 heavy (non-hydrogen) atoms. The second-order valence-electron chi connectivity index (χ2n) is 4.78. The van der Waals surface area contributed by atoms with E-state index >= 15 is 0 Å². The second-order valence-corrected chi connectivity index (χ2v) is 5.72. The summed E-state index contributed by atoms with van der Waals surface area (Å²) in [5, 5.41) is 10.6. The van der Waals surface area contributed by atoms with Gasteiger partial charge in [0, 0.05) is 6.07 Å². The van der Waals surface area contributed by atoms with E-state index in [4.69, 9.17) is 4.42 Å². The number of furan rings is 1. The van der Waals surface area contributed by atoms with E-state index in [0.717, 1.165) is 35.7 Å². The maximum absolute atomic E-state index is 13.5. The van der Waals surface area contributed by atoms with Crippen molar-refractivity contribution in [2.45, 2.75) is 11.7 Å². The second kappa shape index (κ2) is 7.26. The lowest BCUT2D eigenvalue weighted by atomic mass is 10.3. The zero-order chi connectivity index (χ0) is 16.9. The van der Waals surface area contributed by atoms with E-state index in [1.54, 1.807) is 16.9 Å². The number of amides is 1. The first-order valence-electron chi connectivity index (χ1n) is 6.90. The van der Waals surface area contributed by atoms with Crippen LogP contribution in [0.25, 0.3) is 0 Å². The smallest absolute Gasteiger partial charge is 0.234 e. The van der Waals surface area contributed by atoms with Gasteiger partial charge in [-0.3, -0.25) is 4.79 Å². The van der Waals surface area contributed by atoms with Crippen molar-refractivity contribution in [2.75, 3.05) is 11.1 Å². The molecule has 124 valence electrons. The Balaban J connectivity index is 1.59. The number of nitrogens with one attached hydrogen (secondary N) is 1. The summed E-state index contributed by atoms with van der Waals surface area (Å²) in [7, 11) is 0. The van der Waals surface area contributed by atoms with Gasteiger partial charge in [-0.05, 0) is 24.3 Å². The molecule has 0 unspecified atom stereocenters. The lowest BCUT2D eigenvalue weighted by Crippen LogP contribution is -2.15. The summed E-state index contributed by atoms with van der Waals surface area (Å²) in [6.07, 6.45) is 3.09. The number of aromatic nitrogens is 3. The number of carbonyl (C=O) groups excluding carboxylic acids is 1. The van der Waals surface area contributed by atoms with Crippen molar-refractivity contribution in [3.63, 3.8) is 0 Å². The molecule has 1 N–H and O–H groups in total. The van der Waals surface area contributed by atoms with Crippen LogP contribution in [0.2, 0.25) is 0 Å². The Bertz CT molecular complexity index is 836. The molecule has 0 aliphatic carbocycles. The summed E-state index contributed by atoms with van der Waals surface area (Å²) in [4.78, 5) is 11.9. The summed E-state index contributed by atoms with van der Waals surface area (Å²) in [5.74, 6) is -1.10. The van der Waals surface area contributed by atoms with Crippen LogP contribution in [0.15, 0.2) is 52.5 Å². The van der Waals surface area contributed by atoms with E-state index in [1.165, 1.54) is 6.33 Å². The van der Waals surface area contributed by atoms with Crippen LogP contribution in [0.1, 0.15) is 5.76 Å². The molecule has 1 aromatic carbocycles. The van der Waals surface area contributed by atoms with Gasteiger partial charge < -0.3 is 14.3 Å². The molecule has 0 saturated heterocycles. The predicted molar refractivity (Wildman–Crippen MR) is 83.5 cm³/mol. The predicted octanol–water partition coefficient (Wildman–Crippen LogP) is 2.93. The minimum absolute atomic E-state index is 0.0210. The molecule has 0 aliphatic heterocycles. The molecule has 0 fully saturated rings. The molecule has 0 radical (unpaired) electrons. The molecule has 6 nitrogen and oxygen atoms in total. The molecule has 3 rings (SSSR count). The molecular weight excluding hydrogens is 338 g/mol. The summed E-state index contributed by atoms with van der Waals surface area (Å²) >= 11 is 1.13. The highest BCUT2D eigenvalue weighted by atomic mass is 32.2. The maximum Gasteiger partial charge on any atom is 0.234 e. The summed E-state index contributed by atoms with van der Waals surface area (Å²) in [6, 6.07) is 6.45. The van der Waals surface area contributed by atoms with E-state index in [0.29, 0.717) is 11.7 Å². The van der Waals surface area contributed by atoms with E-state index in [9.17, 15) is 13.6 Å². The van der Waals surface area contributed by atoms with Crippen LogP contribution >= 0.6 is 11.8 Å². The first kappa shape index (κ1) is 16.2. The molecule has 2 heterocycles. The van der Waals surface area contributed by atoms with Crippen molar-refractivity contribution in [3.05, 3.63) is 60.3 Å². The zero-order valence-electron chi connectivity index (χ0n) is 12.3. The van der Waals surface area contributed by atoms with Gasteiger partial charge in [0.05, 0.1) is 24.2 Å². The highest BCUT2D eigenvalue weighted by molar-refractivity contribution is 7.99. The van der Waals surface area contributed by atoms with Crippen LogP contribution in [-0.4, -0.2) is 26.4 Å². The fourth-order valence-corrected chi connectivity index (χ4v) is 2.66. The molecule has 3 aromatic rings. The molecule has 0 atom stereocenters. The molecule has 9 heteroatoms. The molecule has 0 bridgehead atoms. The van der Waals surface area contributed by atoms with Crippen molar-refractivity contribution in [1.29, 1.82) is 0 Å². The average Bonchev–Trinajstić information content (AvgIpc) is 3.21. The topological polar surface area (TPSA) is 73.0 Å². The van der Waals surface area contributed by atoms with E-state index < -0.39 is 17.5 Å². The number of thioether (sulfide) groups is 1. The number of rotatable bonds is 6.